The van der Waals surface area contributed by atoms with Gasteiger partial charge in [0.1, 0.15) is 12.2 Å². The van der Waals surface area contributed by atoms with Crippen molar-refractivity contribution in [2.45, 2.75) is 36.1 Å². The van der Waals surface area contributed by atoms with Gasteiger partial charge in [0.15, 0.2) is 0 Å². The highest BCUT2D eigenvalue weighted by molar-refractivity contribution is 7.89. The lowest BCUT2D eigenvalue weighted by molar-refractivity contribution is 0.0130. The van der Waals surface area contributed by atoms with Gasteiger partial charge in [-0.25, -0.2) is 8.42 Å². The molecule has 1 fully saturated rings. The van der Waals surface area contributed by atoms with E-state index in [0.717, 1.165) is 9.87 Å². The van der Waals surface area contributed by atoms with Crippen LogP contribution >= 0.6 is 0 Å². The summed E-state index contributed by atoms with van der Waals surface area (Å²) in [6.07, 6.45) is -2.90. The van der Waals surface area contributed by atoms with E-state index in [9.17, 15) is 28.8 Å². The third-order valence-electron chi connectivity index (χ3n) is 3.76. The summed E-state index contributed by atoms with van der Waals surface area (Å²) in [4.78, 5) is -0.0219. The molecule has 8 heteroatoms. The molecular formula is C13H19NO6S. The molecule has 0 unspecified atom stereocenters. The van der Waals surface area contributed by atoms with E-state index in [1.165, 1.54) is 12.1 Å². The number of hydrogen-bond acceptors (Lipinski definition) is 6. The molecule has 0 radical (unpaired) electrons. The van der Waals surface area contributed by atoms with E-state index in [1.807, 2.05) is 6.92 Å². The molecule has 7 nitrogen and oxygen atoms in total. The zero-order valence-electron chi connectivity index (χ0n) is 11.5. The summed E-state index contributed by atoms with van der Waals surface area (Å²) in [5.74, 6) is 0. The lowest BCUT2D eigenvalue weighted by atomic mass is 10.1. The van der Waals surface area contributed by atoms with Crippen molar-refractivity contribution in [3.8, 4) is 0 Å². The summed E-state index contributed by atoms with van der Waals surface area (Å²) in [5, 5.41) is 38.4. The monoisotopic (exact) mass is 317 g/mol. The standard InChI is InChI=1S/C13H19NO6S/c1-8-2-4-9(5-3-8)21(19,20)14-10(6-15)12(17)13(18)11(14)7-16/h2-5,10-13,15-18H,6-7H2,1H3/t10-,11+,12-,13-/m1/s1. The average molecular weight is 317 g/mol. The molecule has 1 aromatic rings. The van der Waals surface area contributed by atoms with E-state index in [-0.39, 0.29) is 4.90 Å². The largest absolute Gasteiger partial charge is 0.395 e. The minimum Gasteiger partial charge on any atom is -0.395 e. The summed E-state index contributed by atoms with van der Waals surface area (Å²) in [6, 6.07) is 3.68. The van der Waals surface area contributed by atoms with E-state index < -0.39 is 47.5 Å². The van der Waals surface area contributed by atoms with Crippen LogP contribution in [0.2, 0.25) is 0 Å². The Labute approximate surface area is 123 Å². The molecule has 0 bridgehead atoms. The topological polar surface area (TPSA) is 118 Å². The van der Waals surface area contributed by atoms with Gasteiger partial charge in [0.2, 0.25) is 10.0 Å². The van der Waals surface area contributed by atoms with Crippen molar-refractivity contribution in [1.29, 1.82) is 0 Å². The van der Waals surface area contributed by atoms with E-state index >= 15 is 0 Å². The first-order valence-corrected chi connectivity index (χ1v) is 7.96. The highest BCUT2D eigenvalue weighted by atomic mass is 32.2. The molecule has 1 aliphatic rings. The van der Waals surface area contributed by atoms with Gasteiger partial charge in [-0.3, -0.25) is 0 Å². The van der Waals surface area contributed by atoms with Crippen LogP contribution in [0, 0.1) is 6.92 Å². The van der Waals surface area contributed by atoms with E-state index in [2.05, 4.69) is 0 Å². The van der Waals surface area contributed by atoms with E-state index in [0.29, 0.717) is 0 Å². The zero-order chi connectivity index (χ0) is 15.8. The SMILES string of the molecule is Cc1ccc(S(=O)(=O)N2[C@H](CO)[C@@H](O)[C@H](O)[C@@H]2CO)cc1. The zero-order valence-corrected chi connectivity index (χ0v) is 12.3. The van der Waals surface area contributed by atoms with Crippen LogP contribution in [0.1, 0.15) is 5.56 Å². The first-order valence-electron chi connectivity index (χ1n) is 6.52. The van der Waals surface area contributed by atoms with Crippen molar-refractivity contribution in [2.75, 3.05) is 13.2 Å². The van der Waals surface area contributed by atoms with Gasteiger partial charge in [0.25, 0.3) is 0 Å². The molecule has 1 aromatic carbocycles. The fourth-order valence-electron chi connectivity index (χ4n) is 2.57. The lowest BCUT2D eigenvalue weighted by Crippen LogP contribution is -2.46. The number of aryl methyl sites for hydroxylation is 1. The van der Waals surface area contributed by atoms with Crippen LogP contribution in [-0.2, 0) is 10.0 Å². The van der Waals surface area contributed by atoms with Gasteiger partial charge < -0.3 is 20.4 Å². The predicted octanol–water partition coefficient (Wildman–Crippen LogP) is -1.56. The molecule has 0 spiro atoms. The van der Waals surface area contributed by atoms with Gasteiger partial charge in [0.05, 0.1) is 30.2 Å². The van der Waals surface area contributed by atoms with Crippen LogP contribution in [-0.4, -0.2) is 70.7 Å². The van der Waals surface area contributed by atoms with Crippen LogP contribution < -0.4 is 0 Å². The van der Waals surface area contributed by atoms with Crippen molar-refractivity contribution >= 4 is 10.0 Å². The third kappa shape index (κ3) is 2.70. The lowest BCUT2D eigenvalue weighted by Gasteiger charge is -2.27. The number of aliphatic hydroxyl groups is 4. The minimum absolute atomic E-state index is 0.0219. The van der Waals surface area contributed by atoms with Crippen LogP contribution in [0.15, 0.2) is 29.2 Å². The Morgan fingerprint density at radius 1 is 1.00 bits per heavy atom. The quantitative estimate of drug-likeness (QED) is 0.533. The molecule has 4 atom stereocenters. The maximum Gasteiger partial charge on any atom is 0.243 e. The van der Waals surface area contributed by atoms with E-state index in [1.54, 1.807) is 12.1 Å². The molecule has 21 heavy (non-hydrogen) atoms. The average Bonchev–Trinajstić information content (AvgIpc) is 2.71. The van der Waals surface area contributed by atoms with Crippen molar-refractivity contribution < 1.29 is 28.8 Å². The van der Waals surface area contributed by atoms with Crippen molar-refractivity contribution in [3.63, 3.8) is 0 Å². The molecular weight excluding hydrogens is 298 g/mol. The maximum absolute atomic E-state index is 12.7. The third-order valence-corrected chi connectivity index (χ3v) is 5.73. The summed E-state index contributed by atoms with van der Waals surface area (Å²) in [5.41, 5.74) is 0.882. The Morgan fingerprint density at radius 3 is 1.81 bits per heavy atom. The Bertz CT molecular complexity index is 571. The maximum atomic E-state index is 12.7. The Morgan fingerprint density at radius 2 is 1.43 bits per heavy atom. The summed E-state index contributed by atoms with van der Waals surface area (Å²) in [6.45, 7) is 0.506. The smallest absolute Gasteiger partial charge is 0.243 e. The van der Waals surface area contributed by atoms with Crippen LogP contribution in [0.5, 0.6) is 0 Å². The number of sulfonamides is 1. The molecule has 0 saturated carbocycles. The first kappa shape index (κ1) is 16.3. The van der Waals surface area contributed by atoms with Crippen molar-refractivity contribution in [1.82, 2.24) is 4.31 Å². The second-order valence-corrected chi connectivity index (χ2v) is 6.97. The summed E-state index contributed by atoms with van der Waals surface area (Å²) in [7, 11) is -4.05. The van der Waals surface area contributed by atoms with Gasteiger partial charge in [-0.2, -0.15) is 4.31 Å². The van der Waals surface area contributed by atoms with Crippen LogP contribution in [0.25, 0.3) is 0 Å². The second kappa shape index (κ2) is 5.99. The molecule has 1 heterocycles. The first-order chi connectivity index (χ1) is 9.84. The molecule has 2 rings (SSSR count). The molecule has 1 saturated heterocycles. The number of rotatable bonds is 4. The minimum atomic E-state index is -4.05. The molecule has 0 aliphatic carbocycles. The van der Waals surface area contributed by atoms with Gasteiger partial charge >= 0.3 is 0 Å². The van der Waals surface area contributed by atoms with Crippen molar-refractivity contribution in [3.05, 3.63) is 29.8 Å². The molecule has 1 aliphatic heterocycles. The Balaban J connectivity index is 2.47. The number of benzene rings is 1. The number of hydrogen-bond donors (Lipinski definition) is 4. The number of aliphatic hydroxyl groups excluding tert-OH is 4. The molecule has 0 aromatic heterocycles. The predicted molar refractivity (Wildman–Crippen MR) is 74.0 cm³/mol. The van der Waals surface area contributed by atoms with Gasteiger partial charge in [-0.1, -0.05) is 17.7 Å². The number of nitrogens with zero attached hydrogens (tertiary/aromatic N) is 1. The van der Waals surface area contributed by atoms with E-state index in [4.69, 9.17) is 0 Å². The Kier molecular flexibility index (Phi) is 4.66. The summed E-state index contributed by atoms with van der Waals surface area (Å²) >= 11 is 0. The fraction of sp³-hybridized carbons (Fsp3) is 0.538. The summed E-state index contributed by atoms with van der Waals surface area (Å²) < 4.78 is 26.1. The highest BCUT2D eigenvalue weighted by Gasteiger charge is 2.52. The second-order valence-electron chi connectivity index (χ2n) is 5.13. The van der Waals surface area contributed by atoms with Crippen molar-refractivity contribution in [2.24, 2.45) is 0 Å². The van der Waals surface area contributed by atoms with Gasteiger partial charge in [-0.15, -0.1) is 0 Å². The molecule has 118 valence electrons. The normalized spacial score (nSPS) is 30.7. The molecule has 0 amide bonds. The van der Waals surface area contributed by atoms with Gasteiger partial charge in [0, 0.05) is 0 Å². The molecule has 4 N–H and O–H groups in total. The van der Waals surface area contributed by atoms with Crippen LogP contribution in [0.4, 0.5) is 0 Å². The Hall–Kier alpha value is -1.03. The fourth-order valence-corrected chi connectivity index (χ4v) is 4.39. The van der Waals surface area contributed by atoms with Gasteiger partial charge in [-0.05, 0) is 19.1 Å². The highest BCUT2D eigenvalue weighted by Crippen LogP contribution is 2.31. The van der Waals surface area contributed by atoms with Crippen LogP contribution in [0.3, 0.4) is 0 Å².